The molecule has 0 radical (unpaired) electrons. The van der Waals surface area contributed by atoms with Crippen LogP contribution in [-0.4, -0.2) is 56.9 Å². The van der Waals surface area contributed by atoms with Gasteiger partial charge >= 0.3 is 0 Å². The molecule has 1 atom stereocenters. The van der Waals surface area contributed by atoms with E-state index >= 15 is 0 Å². The third kappa shape index (κ3) is 3.86. The Balaban J connectivity index is 1.43. The fourth-order valence-corrected chi connectivity index (χ4v) is 3.55. The van der Waals surface area contributed by atoms with Crippen LogP contribution in [0.4, 0.5) is 5.82 Å². The second kappa shape index (κ2) is 7.85. The number of rotatable bonds is 6. The molecule has 26 heavy (non-hydrogen) atoms. The molecule has 0 aliphatic carbocycles. The molecule has 2 N–H and O–H groups in total. The van der Waals surface area contributed by atoms with Crippen molar-refractivity contribution in [2.24, 2.45) is 0 Å². The van der Waals surface area contributed by atoms with E-state index in [1.165, 1.54) is 0 Å². The van der Waals surface area contributed by atoms with Gasteiger partial charge < -0.3 is 15.3 Å². The van der Waals surface area contributed by atoms with E-state index in [1.807, 2.05) is 28.8 Å². The number of aromatic nitrogens is 3. The van der Waals surface area contributed by atoms with Crippen LogP contribution in [0, 0.1) is 0 Å². The fraction of sp³-hybridized carbons (Fsp3) is 0.400. The van der Waals surface area contributed by atoms with Crippen molar-refractivity contribution in [3.05, 3.63) is 48.7 Å². The number of anilines is 1. The van der Waals surface area contributed by atoms with Crippen LogP contribution in [0.25, 0.3) is 16.9 Å². The van der Waals surface area contributed by atoms with Gasteiger partial charge in [0.25, 0.3) is 0 Å². The van der Waals surface area contributed by atoms with Gasteiger partial charge in [-0.25, -0.2) is 4.98 Å². The van der Waals surface area contributed by atoms with Gasteiger partial charge in [-0.3, -0.25) is 0 Å². The molecule has 0 spiro atoms. The van der Waals surface area contributed by atoms with Crippen molar-refractivity contribution < 1.29 is 5.11 Å². The Morgan fingerprint density at radius 2 is 2.08 bits per heavy atom. The zero-order chi connectivity index (χ0) is 17.8. The molecule has 0 saturated carbocycles. The Morgan fingerprint density at radius 1 is 1.19 bits per heavy atom. The molecule has 0 amide bonds. The van der Waals surface area contributed by atoms with E-state index in [0.717, 1.165) is 68.2 Å². The molecule has 0 unspecified atom stereocenters. The van der Waals surface area contributed by atoms with E-state index in [9.17, 15) is 5.11 Å². The molecule has 6 nitrogen and oxygen atoms in total. The lowest BCUT2D eigenvalue weighted by molar-refractivity contribution is 0.0706. The summed E-state index contributed by atoms with van der Waals surface area (Å²) in [6.07, 6.45) is 4.67. The van der Waals surface area contributed by atoms with Gasteiger partial charge in [-0.15, -0.1) is 0 Å². The van der Waals surface area contributed by atoms with E-state index in [4.69, 9.17) is 4.98 Å². The molecule has 1 fully saturated rings. The van der Waals surface area contributed by atoms with Gasteiger partial charge in [0.05, 0.1) is 18.0 Å². The first-order valence-corrected chi connectivity index (χ1v) is 9.34. The van der Waals surface area contributed by atoms with Crippen molar-refractivity contribution in [1.29, 1.82) is 0 Å². The van der Waals surface area contributed by atoms with E-state index in [2.05, 4.69) is 33.5 Å². The summed E-state index contributed by atoms with van der Waals surface area (Å²) >= 11 is 0. The van der Waals surface area contributed by atoms with Crippen LogP contribution in [0.15, 0.2) is 48.7 Å². The summed E-state index contributed by atoms with van der Waals surface area (Å²) in [5.41, 5.74) is 2.88. The van der Waals surface area contributed by atoms with Gasteiger partial charge in [0.1, 0.15) is 5.82 Å². The number of nitrogens with zero attached hydrogens (tertiary/aromatic N) is 4. The van der Waals surface area contributed by atoms with Crippen molar-refractivity contribution in [3.8, 4) is 11.3 Å². The van der Waals surface area contributed by atoms with Crippen LogP contribution >= 0.6 is 0 Å². The zero-order valence-electron chi connectivity index (χ0n) is 14.9. The van der Waals surface area contributed by atoms with Gasteiger partial charge in [-0.1, -0.05) is 30.3 Å². The zero-order valence-corrected chi connectivity index (χ0v) is 14.9. The molecule has 1 aliphatic heterocycles. The molecule has 2 aromatic heterocycles. The number of hydrogen-bond acceptors (Lipinski definition) is 5. The van der Waals surface area contributed by atoms with Crippen molar-refractivity contribution in [2.45, 2.75) is 25.4 Å². The maximum Gasteiger partial charge on any atom is 0.157 e. The monoisotopic (exact) mass is 351 g/mol. The highest BCUT2D eigenvalue weighted by atomic mass is 16.3. The smallest absolute Gasteiger partial charge is 0.157 e. The maximum absolute atomic E-state index is 9.77. The number of piperidine rings is 1. The van der Waals surface area contributed by atoms with Crippen LogP contribution in [0.3, 0.4) is 0 Å². The number of aliphatic hydroxyl groups excluding tert-OH is 1. The van der Waals surface area contributed by atoms with E-state index in [-0.39, 0.29) is 6.10 Å². The number of aliphatic hydroxyl groups is 1. The maximum atomic E-state index is 9.77. The molecule has 1 aromatic carbocycles. The molecule has 1 aliphatic rings. The summed E-state index contributed by atoms with van der Waals surface area (Å²) in [7, 11) is 0. The van der Waals surface area contributed by atoms with Crippen molar-refractivity contribution in [1.82, 2.24) is 19.5 Å². The quantitative estimate of drug-likeness (QED) is 0.669. The molecule has 136 valence electrons. The van der Waals surface area contributed by atoms with Crippen molar-refractivity contribution in [2.75, 3.05) is 31.5 Å². The Bertz CT molecular complexity index is 848. The number of benzene rings is 1. The Hall–Kier alpha value is -2.44. The molecule has 4 rings (SSSR count). The van der Waals surface area contributed by atoms with E-state index < -0.39 is 0 Å². The largest absolute Gasteiger partial charge is 0.392 e. The van der Waals surface area contributed by atoms with Crippen LogP contribution in [0.5, 0.6) is 0 Å². The standard InChI is InChI=1S/C20H25N5O/c26-17-8-4-12-24(15-17)13-5-10-21-20-14-18(16-6-2-1-3-7-16)23-19-9-11-22-25(19)20/h1-3,6-7,9,11,14,17,21,26H,4-5,8,10,12-13,15H2/t17-/m0/s1. The summed E-state index contributed by atoms with van der Waals surface area (Å²) in [6, 6.07) is 14.2. The van der Waals surface area contributed by atoms with Crippen molar-refractivity contribution in [3.63, 3.8) is 0 Å². The molecular formula is C20H25N5O. The minimum absolute atomic E-state index is 0.158. The highest BCUT2D eigenvalue weighted by Crippen LogP contribution is 2.22. The lowest BCUT2D eigenvalue weighted by atomic mass is 10.1. The normalized spacial score (nSPS) is 18.3. The summed E-state index contributed by atoms with van der Waals surface area (Å²) in [5.74, 6) is 0.956. The van der Waals surface area contributed by atoms with Gasteiger partial charge in [0, 0.05) is 30.8 Å². The van der Waals surface area contributed by atoms with E-state index in [1.54, 1.807) is 6.20 Å². The average molecular weight is 351 g/mol. The number of fused-ring (bicyclic) bond motifs is 1. The van der Waals surface area contributed by atoms with Crippen LogP contribution in [0.1, 0.15) is 19.3 Å². The second-order valence-electron chi connectivity index (χ2n) is 6.87. The SMILES string of the molecule is O[C@H]1CCCN(CCCNc2cc(-c3ccccc3)nc3ccnn23)C1. The lowest BCUT2D eigenvalue weighted by Crippen LogP contribution is -2.39. The highest BCUT2D eigenvalue weighted by Gasteiger charge is 2.16. The first-order valence-electron chi connectivity index (χ1n) is 9.34. The van der Waals surface area contributed by atoms with Gasteiger partial charge in [0.15, 0.2) is 5.65 Å². The minimum Gasteiger partial charge on any atom is -0.392 e. The summed E-state index contributed by atoms with van der Waals surface area (Å²) in [4.78, 5) is 7.05. The van der Waals surface area contributed by atoms with E-state index in [0.29, 0.717) is 0 Å². The molecular weight excluding hydrogens is 326 g/mol. The predicted molar refractivity (Wildman–Crippen MR) is 103 cm³/mol. The number of hydrogen-bond donors (Lipinski definition) is 2. The number of nitrogens with one attached hydrogen (secondary N) is 1. The molecule has 0 bridgehead atoms. The minimum atomic E-state index is -0.158. The first kappa shape index (κ1) is 17.0. The molecule has 6 heteroatoms. The molecule has 3 heterocycles. The van der Waals surface area contributed by atoms with Crippen molar-refractivity contribution >= 4 is 11.5 Å². The summed E-state index contributed by atoms with van der Waals surface area (Å²) in [6.45, 7) is 3.76. The molecule has 1 saturated heterocycles. The Labute approximate surface area is 153 Å². The van der Waals surface area contributed by atoms with Gasteiger partial charge in [-0.2, -0.15) is 9.61 Å². The third-order valence-electron chi connectivity index (χ3n) is 4.87. The average Bonchev–Trinajstić information content (AvgIpc) is 3.15. The number of β-amino-alcohol motifs (C(OH)–C–C–N with tert-alkyl or cyclic N) is 1. The fourth-order valence-electron chi connectivity index (χ4n) is 3.55. The van der Waals surface area contributed by atoms with Gasteiger partial charge in [-0.05, 0) is 32.4 Å². The van der Waals surface area contributed by atoms with Gasteiger partial charge in [0.2, 0.25) is 0 Å². The molecule has 3 aromatic rings. The number of likely N-dealkylation sites (tertiary alicyclic amines) is 1. The van der Waals surface area contributed by atoms with Crippen LogP contribution in [-0.2, 0) is 0 Å². The van der Waals surface area contributed by atoms with Crippen LogP contribution in [0.2, 0.25) is 0 Å². The Morgan fingerprint density at radius 3 is 2.92 bits per heavy atom. The first-order chi connectivity index (χ1) is 12.8. The lowest BCUT2D eigenvalue weighted by Gasteiger charge is -2.29. The topological polar surface area (TPSA) is 65.7 Å². The highest BCUT2D eigenvalue weighted by molar-refractivity contribution is 5.66. The Kier molecular flexibility index (Phi) is 5.13. The summed E-state index contributed by atoms with van der Waals surface area (Å²) < 4.78 is 1.84. The summed E-state index contributed by atoms with van der Waals surface area (Å²) in [5, 5.41) is 17.7. The second-order valence-corrected chi connectivity index (χ2v) is 6.87. The predicted octanol–water partition coefficient (Wildman–Crippen LogP) is 2.66. The van der Waals surface area contributed by atoms with Crippen LogP contribution < -0.4 is 5.32 Å². The third-order valence-corrected chi connectivity index (χ3v) is 4.87.